The third-order valence-corrected chi connectivity index (χ3v) is 4.68. The lowest BCUT2D eigenvalue weighted by molar-refractivity contribution is 0.593. The van der Waals surface area contributed by atoms with Crippen molar-refractivity contribution in [2.24, 2.45) is 0 Å². The Morgan fingerprint density at radius 1 is 1.20 bits per heavy atom. The maximum absolute atomic E-state index is 13.4. The van der Waals surface area contributed by atoms with E-state index in [-0.39, 0.29) is 9.37 Å². The van der Waals surface area contributed by atoms with Gasteiger partial charge in [0.1, 0.15) is 5.82 Å². The van der Waals surface area contributed by atoms with Crippen LogP contribution < -0.4 is 4.72 Å². The van der Waals surface area contributed by atoms with E-state index < -0.39 is 15.8 Å². The molecule has 1 aromatic heterocycles. The van der Waals surface area contributed by atoms with E-state index in [0.29, 0.717) is 11.4 Å². The molecular weight excluding hydrogens is 347 g/mol. The van der Waals surface area contributed by atoms with Crippen LogP contribution in [0.25, 0.3) is 0 Å². The second-order valence-electron chi connectivity index (χ2n) is 4.27. The van der Waals surface area contributed by atoms with Gasteiger partial charge in [-0.15, -0.1) is 0 Å². The molecule has 0 radical (unpaired) electrons. The molecule has 4 nitrogen and oxygen atoms in total. The number of nitrogens with one attached hydrogen (secondary N) is 1. The normalized spacial score (nSPS) is 11.4. The molecule has 0 saturated carbocycles. The largest absolute Gasteiger partial charge is 0.278 e. The van der Waals surface area contributed by atoms with E-state index >= 15 is 0 Å². The first-order valence-corrected chi connectivity index (χ1v) is 7.99. The molecule has 1 aromatic carbocycles. The molecule has 0 aliphatic heterocycles. The van der Waals surface area contributed by atoms with Crippen molar-refractivity contribution in [1.82, 2.24) is 4.98 Å². The fraction of sp³-hybridized carbons (Fsp3) is 0.154. The van der Waals surface area contributed by atoms with Crippen molar-refractivity contribution in [2.75, 3.05) is 4.72 Å². The number of hydrogen-bond acceptors (Lipinski definition) is 3. The number of aromatic nitrogens is 1. The summed E-state index contributed by atoms with van der Waals surface area (Å²) >= 11 is 2.98. The summed E-state index contributed by atoms with van der Waals surface area (Å²) in [4.78, 5) is 4.03. The van der Waals surface area contributed by atoms with E-state index in [9.17, 15) is 12.8 Å². The molecule has 7 heteroatoms. The van der Waals surface area contributed by atoms with Gasteiger partial charge in [-0.25, -0.2) is 12.8 Å². The molecular formula is C13H12BrFN2O2S. The van der Waals surface area contributed by atoms with Crippen LogP contribution in [0.2, 0.25) is 0 Å². The first kappa shape index (κ1) is 14.9. The van der Waals surface area contributed by atoms with Crippen molar-refractivity contribution >= 4 is 31.6 Å². The third-order valence-electron chi connectivity index (χ3n) is 2.67. The Balaban J connectivity index is 2.38. The van der Waals surface area contributed by atoms with Crippen molar-refractivity contribution in [2.45, 2.75) is 18.7 Å². The molecule has 0 fully saturated rings. The average molecular weight is 359 g/mol. The standard InChI is InChI=1S/C13H12BrFN2O2S/c1-8-3-6-13(9(2)16-8)17-20(18,19)10-4-5-11(14)12(15)7-10/h3-7,17H,1-2H3. The number of benzene rings is 1. The minimum absolute atomic E-state index is 0.141. The van der Waals surface area contributed by atoms with E-state index in [4.69, 9.17) is 0 Å². The minimum atomic E-state index is -3.84. The maximum atomic E-state index is 13.4. The van der Waals surface area contributed by atoms with Gasteiger partial charge in [0.05, 0.1) is 20.7 Å². The topological polar surface area (TPSA) is 59.1 Å². The van der Waals surface area contributed by atoms with Gasteiger partial charge in [0.15, 0.2) is 0 Å². The van der Waals surface area contributed by atoms with Crippen LogP contribution in [-0.2, 0) is 10.0 Å². The van der Waals surface area contributed by atoms with Crippen molar-refractivity contribution in [3.8, 4) is 0 Å². The van der Waals surface area contributed by atoms with Gasteiger partial charge in [-0.05, 0) is 60.1 Å². The van der Waals surface area contributed by atoms with Gasteiger partial charge in [0, 0.05) is 5.69 Å². The zero-order chi connectivity index (χ0) is 14.9. The van der Waals surface area contributed by atoms with Crippen LogP contribution in [0.3, 0.4) is 0 Å². The van der Waals surface area contributed by atoms with Gasteiger partial charge in [-0.1, -0.05) is 0 Å². The number of pyridine rings is 1. The number of hydrogen-bond donors (Lipinski definition) is 1. The molecule has 0 aliphatic carbocycles. The Kier molecular flexibility index (Phi) is 4.10. The fourth-order valence-electron chi connectivity index (χ4n) is 1.64. The van der Waals surface area contributed by atoms with Gasteiger partial charge in [-0.3, -0.25) is 9.71 Å². The third kappa shape index (κ3) is 3.16. The molecule has 2 aromatic rings. The van der Waals surface area contributed by atoms with E-state index in [1.54, 1.807) is 19.1 Å². The molecule has 1 N–H and O–H groups in total. The highest BCUT2D eigenvalue weighted by Crippen LogP contribution is 2.22. The van der Waals surface area contributed by atoms with E-state index in [2.05, 4.69) is 25.6 Å². The molecule has 106 valence electrons. The summed E-state index contributed by atoms with van der Waals surface area (Å²) < 4.78 is 40.4. The van der Waals surface area contributed by atoms with Crippen LogP contribution >= 0.6 is 15.9 Å². The highest BCUT2D eigenvalue weighted by molar-refractivity contribution is 9.10. The maximum Gasteiger partial charge on any atom is 0.262 e. The Hall–Kier alpha value is -1.47. The number of rotatable bonds is 3. The molecule has 20 heavy (non-hydrogen) atoms. The summed E-state index contributed by atoms with van der Waals surface area (Å²) in [7, 11) is -3.84. The lowest BCUT2D eigenvalue weighted by Gasteiger charge is -2.10. The molecule has 1 heterocycles. The Morgan fingerprint density at radius 2 is 1.90 bits per heavy atom. The monoisotopic (exact) mass is 358 g/mol. The number of anilines is 1. The fourth-order valence-corrected chi connectivity index (χ4v) is 3.02. The zero-order valence-electron chi connectivity index (χ0n) is 10.8. The highest BCUT2D eigenvalue weighted by Gasteiger charge is 2.17. The number of sulfonamides is 1. The van der Waals surface area contributed by atoms with Gasteiger partial charge in [0.2, 0.25) is 0 Å². The summed E-state index contributed by atoms with van der Waals surface area (Å²) in [6, 6.07) is 6.97. The Labute approximate surface area is 125 Å². The molecule has 0 unspecified atom stereocenters. The highest BCUT2D eigenvalue weighted by atomic mass is 79.9. The zero-order valence-corrected chi connectivity index (χ0v) is 13.2. The first-order chi connectivity index (χ1) is 9.29. The van der Waals surface area contributed by atoms with Crippen molar-refractivity contribution in [1.29, 1.82) is 0 Å². The predicted molar refractivity (Wildman–Crippen MR) is 78.6 cm³/mol. The van der Waals surface area contributed by atoms with Crippen LogP contribution in [0.5, 0.6) is 0 Å². The average Bonchev–Trinajstić information content (AvgIpc) is 2.36. The first-order valence-electron chi connectivity index (χ1n) is 5.72. The van der Waals surface area contributed by atoms with Crippen LogP contribution in [0, 0.1) is 19.7 Å². The lowest BCUT2D eigenvalue weighted by atomic mass is 10.3. The molecule has 0 spiro atoms. The summed E-state index contributed by atoms with van der Waals surface area (Å²) in [5, 5.41) is 0. The Bertz CT molecular complexity index is 763. The van der Waals surface area contributed by atoms with Crippen molar-refractivity contribution < 1.29 is 12.8 Å². The smallest absolute Gasteiger partial charge is 0.262 e. The second kappa shape index (κ2) is 5.49. The van der Waals surface area contributed by atoms with Gasteiger partial charge in [-0.2, -0.15) is 0 Å². The molecule has 0 atom stereocenters. The van der Waals surface area contributed by atoms with E-state index in [0.717, 1.165) is 11.8 Å². The van der Waals surface area contributed by atoms with Crippen molar-refractivity contribution in [3.05, 3.63) is 52.0 Å². The van der Waals surface area contributed by atoms with Gasteiger partial charge >= 0.3 is 0 Å². The number of aryl methyl sites for hydroxylation is 2. The van der Waals surface area contributed by atoms with Crippen LogP contribution in [0.1, 0.15) is 11.4 Å². The van der Waals surface area contributed by atoms with Gasteiger partial charge in [0.25, 0.3) is 10.0 Å². The molecule has 0 saturated heterocycles. The number of nitrogens with zero attached hydrogens (tertiary/aromatic N) is 1. The lowest BCUT2D eigenvalue weighted by Crippen LogP contribution is -2.14. The van der Waals surface area contributed by atoms with E-state index in [1.807, 2.05) is 6.92 Å². The quantitative estimate of drug-likeness (QED) is 0.914. The molecule has 2 rings (SSSR count). The summed E-state index contributed by atoms with van der Waals surface area (Å²) in [6.07, 6.45) is 0. The summed E-state index contributed by atoms with van der Waals surface area (Å²) in [5.74, 6) is -0.633. The minimum Gasteiger partial charge on any atom is -0.278 e. The van der Waals surface area contributed by atoms with Crippen molar-refractivity contribution in [3.63, 3.8) is 0 Å². The molecule has 0 amide bonds. The number of halogens is 2. The summed E-state index contributed by atoms with van der Waals surface area (Å²) in [6.45, 7) is 3.52. The summed E-state index contributed by atoms with van der Waals surface area (Å²) in [5.41, 5.74) is 1.73. The molecule has 0 aliphatic rings. The predicted octanol–water partition coefficient (Wildman–Crippen LogP) is 3.40. The Morgan fingerprint density at radius 3 is 2.50 bits per heavy atom. The SMILES string of the molecule is Cc1ccc(NS(=O)(=O)c2ccc(Br)c(F)c2)c(C)n1. The van der Waals surface area contributed by atoms with E-state index in [1.165, 1.54) is 12.1 Å². The van der Waals surface area contributed by atoms with Gasteiger partial charge < -0.3 is 0 Å². The molecule has 0 bridgehead atoms. The van der Waals surface area contributed by atoms with Crippen LogP contribution in [0.4, 0.5) is 10.1 Å². The van der Waals surface area contributed by atoms with Crippen LogP contribution in [-0.4, -0.2) is 13.4 Å². The second-order valence-corrected chi connectivity index (χ2v) is 6.80. The van der Waals surface area contributed by atoms with Crippen LogP contribution in [0.15, 0.2) is 39.7 Å².